The molecular weight excluding hydrogens is 272 g/mol. The molecular formula is C20H24O2. The average molecular weight is 296 g/mol. The molecule has 0 aliphatic carbocycles. The van der Waals surface area contributed by atoms with Crippen molar-refractivity contribution in [1.29, 1.82) is 0 Å². The molecule has 0 saturated heterocycles. The maximum absolute atomic E-state index is 5.56. The van der Waals surface area contributed by atoms with Crippen molar-refractivity contribution in [3.8, 4) is 11.5 Å². The van der Waals surface area contributed by atoms with E-state index in [0.717, 1.165) is 35.5 Å². The van der Waals surface area contributed by atoms with Crippen LogP contribution in [0.3, 0.4) is 0 Å². The Hall–Kier alpha value is -2.22. The summed E-state index contributed by atoms with van der Waals surface area (Å²) in [6.07, 6.45) is 4.18. The molecule has 0 amide bonds. The Morgan fingerprint density at radius 2 is 1.59 bits per heavy atom. The van der Waals surface area contributed by atoms with Gasteiger partial charge in [-0.1, -0.05) is 49.8 Å². The van der Waals surface area contributed by atoms with E-state index in [2.05, 4.69) is 56.3 Å². The lowest BCUT2D eigenvalue weighted by atomic mass is 10.0. The zero-order valence-electron chi connectivity index (χ0n) is 13.8. The fraction of sp³-hybridized carbons (Fsp3) is 0.300. The van der Waals surface area contributed by atoms with Crippen LogP contribution in [0.1, 0.15) is 37.0 Å². The van der Waals surface area contributed by atoms with E-state index >= 15 is 0 Å². The van der Waals surface area contributed by atoms with E-state index in [1.165, 1.54) is 11.1 Å². The van der Waals surface area contributed by atoms with E-state index in [1.807, 2.05) is 6.07 Å². The third-order valence-corrected chi connectivity index (χ3v) is 3.74. The highest BCUT2D eigenvalue weighted by Gasteiger charge is 2.11. The number of hydrogen-bond donors (Lipinski definition) is 0. The van der Waals surface area contributed by atoms with Gasteiger partial charge in [0.15, 0.2) is 0 Å². The molecule has 0 bridgehead atoms. The van der Waals surface area contributed by atoms with Crippen molar-refractivity contribution < 1.29 is 9.47 Å². The van der Waals surface area contributed by atoms with Crippen molar-refractivity contribution in [2.75, 3.05) is 14.2 Å². The minimum absolute atomic E-state index is 0.897. The summed E-state index contributed by atoms with van der Waals surface area (Å²) in [7, 11) is 3.43. The molecule has 0 unspecified atom stereocenters. The van der Waals surface area contributed by atoms with E-state index in [4.69, 9.17) is 9.47 Å². The van der Waals surface area contributed by atoms with E-state index in [0.29, 0.717) is 0 Å². The molecule has 2 aromatic carbocycles. The first-order valence-electron chi connectivity index (χ1n) is 7.68. The van der Waals surface area contributed by atoms with Gasteiger partial charge in [0, 0.05) is 5.56 Å². The van der Waals surface area contributed by atoms with Gasteiger partial charge >= 0.3 is 0 Å². The van der Waals surface area contributed by atoms with Crippen LogP contribution >= 0.6 is 0 Å². The highest BCUT2D eigenvalue weighted by atomic mass is 16.5. The third kappa shape index (κ3) is 3.70. The summed E-state index contributed by atoms with van der Waals surface area (Å²) in [5.74, 6) is 1.79. The number of methoxy groups -OCH3 is 2. The maximum atomic E-state index is 5.56. The van der Waals surface area contributed by atoms with E-state index in [1.54, 1.807) is 14.2 Å². The van der Waals surface area contributed by atoms with Crippen LogP contribution in [-0.2, 0) is 6.42 Å². The van der Waals surface area contributed by atoms with Crippen LogP contribution < -0.4 is 9.47 Å². The normalized spacial score (nSPS) is 11.4. The van der Waals surface area contributed by atoms with Crippen LogP contribution in [0.2, 0.25) is 0 Å². The number of hydrogen-bond acceptors (Lipinski definition) is 2. The summed E-state index contributed by atoms with van der Waals surface area (Å²) in [6.45, 7) is 4.28. The minimum Gasteiger partial charge on any atom is -0.496 e. The van der Waals surface area contributed by atoms with E-state index < -0.39 is 0 Å². The summed E-state index contributed by atoms with van der Waals surface area (Å²) >= 11 is 0. The Morgan fingerprint density at radius 1 is 1.00 bits per heavy atom. The van der Waals surface area contributed by atoms with Gasteiger partial charge in [-0.05, 0) is 42.2 Å². The van der Waals surface area contributed by atoms with Crippen LogP contribution in [0.25, 0.3) is 11.6 Å². The number of allylic oxidation sites excluding steroid dienone is 1. The Morgan fingerprint density at radius 3 is 2.09 bits per heavy atom. The Labute approximate surface area is 133 Å². The van der Waals surface area contributed by atoms with Crippen molar-refractivity contribution >= 4 is 11.6 Å². The highest BCUT2D eigenvalue weighted by molar-refractivity contribution is 5.81. The molecule has 0 heterocycles. The van der Waals surface area contributed by atoms with Crippen LogP contribution in [0.15, 0.2) is 42.5 Å². The van der Waals surface area contributed by atoms with Crippen molar-refractivity contribution in [3.05, 3.63) is 59.2 Å². The first kappa shape index (κ1) is 16.2. The molecule has 0 atom stereocenters. The molecule has 0 N–H and O–H groups in total. The molecule has 2 heteroatoms. The Kier molecular flexibility index (Phi) is 5.65. The lowest BCUT2D eigenvalue weighted by molar-refractivity contribution is 0.385. The predicted molar refractivity (Wildman–Crippen MR) is 93.5 cm³/mol. The lowest BCUT2D eigenvalue weighted by Gasteiger charge is -2.14. The Balaban J connectivity index is 2.43. The topological polar surface area (TPSA) is 18.5 Å². The van der Waals surface area contributed by atoms with Crippen LogP contribution in [-0.4, -0.2) is 14.2 Å². The SMILES string of the molecule is CCCc1c(OC)cc(C=C(C)c2ccccc2)cc1OC. The standard InChI is InChI=1S/C20H24O2/c1-5-9-18-19(21-3)13-16(14-20(18)22-4)12-15(2)17-10-7-6-8-11-17/h6-8,10-14H,5,9H2,1-4H3. The van der Waals surface area contributed by atoms with E-state index in [9.17, 15) is 0 Å². The Bertz CT molecular complexity index is 617. The van der Waals surface area contributed by atoms with Crippen molar-refractivity contribution in [2.24, 2.45) is 0 Å². The second kappa shape index (κ2) is 7.69. The fourth-order valence-electron chi connectivity index (χ4n) is 2.62. The largest absolute Gasteiger partial charge is 0.496 e. The van der Waals surface area contributed by atoms with Gasteiger partial charge in [0.25, 0.3) is 0 Å². The molecule has 0 spiro atoms. The molecule has 2 aromatic rings. The first-order valence-corrected chi connectivity index (χ1v) is 7.68. The molecule has 0 radical (unpaired) electrons. The summed E-state index contributed by atoms with van der Waals surface area (Å²) in [5.41, 5.74) is 4.67. The molecule has 0 saturated carbocycles. The predicted octanol–water partition coefficient (Wildman–Crippen LogP) is 5.22. The molecule has 116 valence electrons. The second-order valence-corrected chi connectivity index (χ2v) is 5.35. The van der Waals surface area contributed by atoms with Gasteiger partial charge in [-0.25, -0.2) is 0 Å². The molecule has 0 aliphatic heterocycles. The van der Waals surface area contributed by atoms with Gasteiger partial charge in [-0.15, -0.1) is 0 Å². The van der Waals surface area contributed by atoms with Crippen LogP contribution in [0.4, 0.5) is 0 Å². The lowest BCUT2D eigenvalue weighted by Crippen LogP contribution is -1.97. The zero-order valence-corrected chi connectivity index (χ0v) is 13.8. The molecule has 2 rings (SSSR count). The van der Waals surface area contributed by atoms with Gasteiger partial charge in [0.2, 0.25) is 0 Å². The highest BCUT2D eigenvalue weighted by Crippen LogP contribution is 2.33. The van der Waals surface area contributed by atoms with Crippen molar-refractivity contribution in [3.63, 3.8) is 0 Å². The van der Waals surface area contributed by atoms with Crippen molar-refractivity contribution in [2.45, 2.75) is 26.7 Å². The molecule has 22 heavy (non-hydrogen) atoms. The molecule has 0 fully saturated rings. The van der Waals surface area contributed by atoms with Gasteiger partial charge < -0.3 is 9.47 Å². The summed E-state index contributed by atoms with van der Waals surface area (Å²) in [6, 6.07) is 14.5. The number of rotatable bonds is 6. The second-order valence-electron chi connectivity index (χ2n) is 5.35. The summed E-state index contributed by atoms with van der Waals surface area (Å²) in [4.78, 5) is 0. The third-order valence-electron chi connectivity index (χ3n) is 3.74. The fourth-order valence-corrected chi connectivity index (χ4v) is 2.62. The van der Waals surface area contributed by atoms with Crippen LogP contribution in [0.5, 0.6) is 11.5 Å². The van der Waals surface area contributed by atoms with Gasteiger partial charge in [0.05, 0.1) is 14.2 Å². The average Bonchev–Trinajstić information content (AvgIpc) is 2.56. The number of ether oxygens (including phenoxy) is 2. The van der Waals surface area contributed by atoms with Gasteiger partial charge in [-0.3, -0.25) is 0 Å². The smallest absolute Gasteiger partial charge is 0.126 e. The van der Waals surface area contributed by atoms with Crippen LogP contribution in [0, 0.1) is 0 Å². The van der Waals surface area contributed by atoms with Crippen molar-refractivity contribution in [1.82, 2.24) is 0 Å². The zero-order chi connectivity index (χ0) is 15.9. The van der Waals surface area contributed by atoms with E-state index in [-0.39, 0.29) is 0 Å². The summed E-state index contributed by atoms with van der Waals surface area (Å²) in [5, 5.41) is 0. The summed E-state index contributed by atoms with van der Waals surface area (Å²) < 4.78 is 11.1. The maximum Gasteiger partial charge on any atom is 0.126 e. The quantitative estimate of drug-likeness (QED) is 0.681. The monoisotopic (exact) mass is 296 g/mol. The van der Waals surface area contributed by atoms with Gasteiger partial charge in [0.1, 0.15) is 11.5 Å². The molecule has 0 aliphatic rings. The first-order chi connectivity index (χ1) is 10.7. The minimum atomic E-state index is 0.897. The molecule has 0 aromatic heterocycles. The van der Waals surface area contributed by atoms with Gasteiger partial charge in [-0.2, -0.15) is 0 Å². The number of benzene rings is 2. The molecule has 2 nitrogen and oxygen atoms in total.